The summed E-state index contributed by atoms with van der Waals surface area (Å²) in [5.41, 5.74) is 1.99. The summed E-state index contributed by atoms with van der Waals surface area (Å²) in [4.78, 5) is 27.0. The van der Waals surface area contributed by atoms with Crippen LogP contribution >= 0.6 is 23.8 Å². The van der Waals surface area contributed by atoms with Crippen LogP contribution in [0.5, 0.6) is 0 Å². The first-order valence-corrected chi connectivity index (χ1v) is 9.47. The average Bonchev–Trinajstić information content (AvgIpc) is 3.04. The van der Waals surface area contributed by atoms with Crippen LogP contribution in [0.3, 0.4) is 0 Å². The largest absolute Gasteiger partial charge is 0.335 e. The van der Waals surface area contributed by atoms with E-state index in [0.717, 1.165) is 10.9 Å². The number of nitrogens with zero attached hydrogens (tertiary/aromatic N) is 2. The molecule has 0 spiro atoms. The molecule has 2 heterocycles. The van der Waals surface area contributed by atoms with Crippen LogP contribution in [0, 0.1) is 12.3 Å². The fourth-order valence-corrected chi connectivity index (χ4v) is 3.78. The van der Waals surface area contributed by atoms with Crippen molar-refractivity contribution in [1.29, 1.82) is 0 Å². The molecule has 3 aromatic rings. The van der Waals surface area contributed by atoms with E-state index in [9.17, 15) is 9.59 Å². The number of fused-ring (bicyclic) bond motifs is 1. The molecule has 4 rings (SSSR count). The third-order valence-electron chi connectivity index (χ3n) is 4.58. The Labute approximate surface area is 177 Å². The molecule has 142 valence electrons. The number of aromatic nitrogens is 1. The van der Waals surface area contributed by atoms with Crippen LogP contribution in [0.25, 0.3) is 17.0 Å². The SMILES string of the molecule is C#CCn1cc(C=C2C(=O)NC(=S)N(c3ccccc3Cl)C2=O)c2ccccc21. The highest BCUT2D eigenvalue weighted by Crippen LogP contribution is 2.30. The second kappa shape index (κ2) is 7.55. The minimum atomic E-state index is -0.558. The number of carbonyl (C=O) groups excluding carboxylic acids is 2. The van der Waals surface area contributed by atoms with Gasteiger partial charge in [0.1, 0.15) is 5.57 Å². The van der Waals surface area contributed by atoms with Crippen molar-refractivity contribution >= 4 is 63.4 Å². The number of thiocarbonyl (C=S) groups is 1. The number of amides is 2. The number of hydrogen-bond acceptors (Lipinski definition) is 3. The van der Waals surface area contributed by atoms with Crippen LogP contribution in [0.15, 0.2) is 60.3 Å². The highest BCUT2D eigenvalue weighted by molar-refractivity contribution is 7.80. The zero-order valence-electron chi connectivity index (χ0n) is 15.1. The smallest absolute Gasteiger partial charge is 0.270 e. The molecule has 0 bridgehead atoms. The number of terminal acetylenes is 1. The summed E-state index contributed by atoms with van der Waals surface area (Å²) in [6, 6.07) is 14.4. The number of carbonyl (C=O) groups is 2. The van der Waals surface area contributed by atoms with Gasteiger partial charge in [-0.3, -0.25) is 19.8 Å². The number of halogens is 1. The molecule has 0 saturated carbocycles. The van der Waals surface area contributed by atoms with Crippen molar-refractivity contribution in [2.75, 3.05) is 4.90 Å². The van der Waals surface area contributed by atoms with E-state index < -0.39 is 11.8 Å². The van der Waals surface area contributed by atoms with Crippen LogP contribution in [-0.2, 0) is 16.1 Å². The van der Waals surface area contributed by atoms with Gasteiger partial charge in [0.05, 0.1) is 17.3 Å². The standard InChI is InChI=1S/C22H14ClN3O2S/c1-2-11-25-13-14(15-7-3-5-9-18(15)25)12-16-20(27)24-22(29)26(21(16)28)19-10-6-4-8-17(19)23/h1,3-10,12-13H,11H2,(H,24,27,29). The molecule has 1 aromatic heterocycles. The first-order chi connectivity index (χ1) is 14.0. The number of anilines is 1. The molecule has 1 saturated heterocycles. The van der Waals surface area contributed by atoms with E-state index in [1.54, 1.807) is 30.3 Å². The number of rotatable bonds is 3. The molecular weight excluding hydrogens is 406 g/mol. The topological polar surface area (TPSA) is 54.3 Å². The molecule has 0 aliphatic carbocycles. The Balaban J connectivity index is 1.83. The second-order valence-electron chi connectivity index (χ2n) is 6.34. The maximum Gasteiger partial charge on any atom is 0.270 e. The normalized spacial score (nSPS) is 15.7. The van der Waals surface area contributed by atoms with Gasteiger partial charge in [0.15, 0.2) is 5.11 Å². The van der Waals surface area contributed by atoms with E-state index in [1.807, 2.05) is 35.0 Å². The summed E-state index contributed by atoms with van der Waals surface area (Å²) >= 11 is 11.5. The van der Waals surface area contributed by atoms with Crippen molar-refractivity contribution in [2.45, 2.75) is 6.54 Å². The van der Waals surface area contributed by atoms with Crippen LogP contribution < -0.4 is 10.2 Å². The van der Waals surface area contributed by atoms with Gasteiger partial charge in [-0.05, 0) is 36.5 Å². The predicted octanol–water partition coefficient (Wildman–Crippen LogP) is 3.76. The van der Waals surface area contributed by atoms with Gasteiger partial charge in [0, 0.05) is 22.7 Å². The van der Waals surface area contributed by atoms with Gasteiger partial charge in [-0.15, -0.1) is 6.42 Å². The third kappa shape index (κ3) is 3.31. The summed E-state index contributed by atoms with van der Waals surface area (Å²) in [6.07, 6.45) is 8.84. The summed E-state index contributed by atoms with van der Waals surface area (Å²) < 4.78 is 1.89. The van der Waals surface area contributed by atoms with Crippen LogP contribution in [0.4, 0.5) is 5.69 Å². The summed E-state index contributed by atoms with van der Waals surface area (Å²) in [7, 11) is 0. The molecule has 29 heavy (non-hydrogen) atoms. The Kier molecular flexibility index (Phi) is 4.93. The Hall–Kier alpha value is -3.40. The summed E-state index contributed by atoms with van der Waals surface area (Å²) in [5, 5.41) is 3.79. The molecule has 5 nitrogen and oxygen atoms in total. The minimum absolute atomic E-state index is 0.0139. The van der Waals surface area contributed by atoms with Crippen molar-refractivity contribution in [3.05, 3.63) is 70.9 Å². The molecule has 1 aliphatic rings. The number of benzene rings is 2. The highest BCUT2D eigenvalue weighted by atomic mass is 35.5. The lowest BCUT2D eigenvalue weighted by Crippen LogP contribution is -2.54. The lowest BCUT2D eigenvalue weighted by atomic mass is 10.1. The molecule has 0 radical (unpaired) electrons. The predicted molar refractivity (Wildman–Crippen MR) is 118 cm³/mol. The average molecular weight is 420 g/mol. The fraction of sp³-hybridized carbons (Fsp3) is 0.0455. The summed E-state index contributed by atoms with van der Waals surface area (Å²) in [5.74, 6) is 1.51. The van der Waals surface area contributed by atoms with Gasteiger partial charge in [-0.2, -0.15) is 0 Å². The molecule has 2 aromatic carbocycles. The maximum atomic E-state index is 13.2. The highest BCUT2D eigenvalue weighted by Gasteiger charge is 2.35. The molecule has 0 atom stereocenters. The van der Waals surface area contributed by atoms with Crippen molar-refractivity contribution in [2.24, 2.45) is 0 Å². The van der Waals surface area contributed by atoms with E-state index >= 15 is 0 Å². The third-order valence-corrected chi connectivity index (χ3v) is 5.18. The van der Waals surface area contributed by atoms with Gasteiger partial charge in [0.2, 0.25) is 0 Å². The van der Waals surface area contributed by atoms with Crippen molar-refractivity contribution in [3.8, 4) is 12.3 Å². The molecule has 7 heteroatoms. The van der Waals surface area contributed by atoms with Gasteiger partial charge in [-0.1, -0.05) is 47.9 Å². The number of para-hydroxylation sites is 2. The monoisotopic (exact) mass is 419 g/mol. The fourth-order valence-electron chi connectivity index (χ4n) is 3.28. The van der Waals surface area contributed by atoms with Crippen LogP contribution in [0.2, 0.25) is 5.02 Å². The molecule has 1 N–H and O–H groups in total. The van der Waals surface area contributed by atoms with Crippen molar-refractivity contribution < 1.29 is 9.59 Å². The first kappa shape index (κ1) is 18.9. The van der Waals surface area contributed by atoms with Crippen LogP contribution in [-0.4, -0.2) is 21.5 Å². The van der Waals surface area contributed by atoms with E-state index in [2.05, 4.69) is 11.2 Å². The number of nitrogens with one attached hydrogen (secondary N) is 1. The molecule has 0 unspecified atom stereocenters. The first-order valence-electron chi connectivity index (χ1n) is 8.68. The molecule has 2 amide bonds. The quantitative estimate of drug-likeness (QED) is 0.304. The van der Waals surface area contributed by atoms with Gasteiger partial charge < -0.3 is 4.57 Å². The maximum absolute atomic E-state index is 13.2. The van der Waals surface area contributed by atoms with Gasteiger partial charge in [-0.25, -0.2) is 0 Å². The molecule has 1 fully saturated rings. The van der Waals surface area contributed by atoms with E-state index in [1.165, 1.54) is 4.90 Å². The van der Waals surface area contributed by atoms with Gasteiger partial charge >= 0.3 is 0 Å². The lowest BCUT2D eigenvalue weighted by molar-refractivity contribution is -0.122. The molecule has 1 aliphatic heterocycles. The van der Waals surface area contributed by atoms with Gasteiger partial charge in [0.25, 0.3) is 11.8 Å². The zero-order valence-corrected chi connectivity index (χ0v) is 16.6. The Morgan fingerprint density at radius 2 is 1.86 bits per heavy atom. The van der Waals surface area contributed by atoms with E-state index in [-0.39, 0.29) is 10.7 Å². The Morgan fingerprint density at radius 1 is 1.14 bits per heavy atom. The lowest BCUT2D eigenvalue weighted by Gasteiger charge is -2.29. The zero-order chi connectivity index (χ0) is 20.5. The Bertz CT molecular complexity index is 1250. The van der Waals surface area contributed by atoms with Crippen molar-refractivity contribution in [3.63, 3.8) is 0 Å². The Morgan fingerprint density at radius 3 is 2.62 bits per heavy atom. The second-order valence-corrected chi connectivity index (χ2v) is 7.14. The van der Waals surface area contributed by atoms with Crippen LogP contribution in [0.1, 0.15) is 5.56 Å². The molecular formula is C22H14ClN3O2S. The van der Waals surface area contributed by atoms with Crippen molar-refractivity contribution in [1.82, 2.24) is 9.88 Å². The number of hydrogen-bond donors (Lipinski definition) is 1. The summed E-state index contributed by atoms with van der Waals surface area (Å²) in [6.45, 7) is 0.375. The minimum Gasteiger partial charge on any atom is -0.335 e. The van der Waals surface area contributed by atoms with E-state index in [4.69, 9.17) is 30.2 Å². The van der Waals surface area contributed by atoms with E-state index in [0.29, 0.717) is 22.8 Å².